The smallest absolute Gasteiger partial charge is 1.00 e. The van der Waals surface area contributed by atoms with Crippen molar-refractivity contribution in [3.8, 4) is 22.3 Å². The zero-order chi connectivity index (χ0) is 38.3. The van der Waals surface area contributed by atoms with Gasteiger partial charge in [0.15, 0.2) is 0 Å². The van der Waals surface area contributed by atoms with Crippen molar-refractivity contribution >= 4 is 20.2 Å². The molecule has 0 N–H and O–H groups in total. The Kier molecular flexibility index (Phi) is 16.4. The topological polar surface area (TPSA) is 9.23 Å². The van der Waals surface area contributed by atoms with Crippen molar-refractivity contribution in [1.82, 2.24) is 0 Å². The molecule has 2 aliphatic carbocycles. The number of unbranched alkanes of at least 4 members (excludes halogenated alkanes) is 3. The van der Waals surface area contributed by atoms with Crippen LogP contribution in [0.15, 0.2) is 96.1 Å². The van der Waals surface area contributed by atoms with E-state index in [-0.39, 0.29) is 67.4 Å². The summed E-state index contributed by atoms with van der Waals surface area (Å²) in [5.74, 6) is 0. The summed E-state index contributed by atoms with van der Waals surface area (Å²) in [6.45, 7) is 28.8. The van der Waals surface area contributed by atoms with Crippen LogP contribution in [-0.4, -0.2) is 20.3 Å². The molecule has 0 fully saturated rings. The average molecular weight is 885 g/mol. The van der Waals surface area contributed by atoms with Gasteiger partial charge in [0.2, 0.25) is 0 Å². The van der Waals surface area contributed by atoms with Crippen LogP contribution < -0.4 is 24.8 Å². The van der Waals surface area contributed by atoms with Crippen LogP contribution in [0.1, 0.15) is 146 Å². The Labute approximate surface area is 373 Å². The fourth-order valence-electron chi connectivity index (χ4n) is 9.45. The maximum atomic E-state index is 6.08. The normalized spacial score (nSPS) is 17.4. The van der Waals surface area contributed by atoms with Crippen molar-refractivity contribution < 1.29 is 55.8 Å². The van der Waals surface area contributed by atoms with Gasteiger partial charge in [0, 0.05) is 17.7 Å². The van der Waals surface area contributed by atoms with Gasteiger partial charge in [-0.3, -0.25) is 0 Å². The Morgan fingerprint density at radius 1 is 0.536 bits per heavy atom. The number of halogens is 2. The summed E-state index contributed by atoms with van der Waals surface area (Å²) in [5, 5.41) is 0. The van der Waals surface area contributed by atoms with Gasteiger partial charge in [-0.1, -0.05) is 182 Å². The molecule has 0 bridgehead atoms. The molecule has 2 unspecified atom stereocenters. The monoisotopic (exact) mass is 882 g/mol. The Morgan fingerprint density at radius 3 is 1.30 bits per heavy atom. The van der Waals surface area contributed by atoms with Crippen molar-refractivity contribution in [3.63, 3.8) is 0 Å². The van der Waals surface area contributed by atoms with E-state index in [1.165, 1.54) is 69.8 Å². The van der Waals surface area contributed by atoms with Gasteiger partial charge in [-0.2, -0.15) is 0 Å². The van der Waals surface area contributed by atoms with Crippen LogP contribution in [-0.2, 0) is 41.8 Å². The predicted octanol–water partition coefficient (Wildman–Crippen LogP) is 8.85. The molecule has 0 spiro atoms. The molecular weight excluding hydrogens is 819 g/mol. The Balaban J connectivity index is 0.00000280. The minimum atomic E-state index is -2.09. The van der Waals surface area contributed by atoms with Crippen molar-refractivity contribution in [2.45, 2.75) is 142 Å². The molecule has 0 heterocycles. The van der Waals surface area contributed by atoms with Crippen LogP contribution in [0.3, 0.4) is 0 Å². The van der Waals surface area contributed by atoms with E-state index in [9.17, 15) is 0 Å². The Morgan fingerprint density at radius 2 is 0.929 bits per heavy atom. The largest absolute Gasteiger partial charge is 2.00 e. The first-order valence-corrected chi connectivity index (χ1v) is 23.2. The third-order valence-corrected chi connectivity index (χ3v) is 17.7. The second-order valence-corrected chi connectivity index (χ2v) is 24.2. The molecule has 1 nitrogen and oxygen atoms in total. The van der Waals surface area contributed by atoms with Crippen LogP contribution in [0.4, 0.5) is 0 Å². The van der Waals surface area contributed by atoms with E-state index in [4.69, 9.17) is 4.74 Å². The van der Waals surface area contributed by atoms with Crippen molar-refractivity contribution in [3.05, 3.63) is 129 Å². The predicted molar refractivity (Wildman–Crippen MR) is 235 cm³/mol. The van der Waals surface area contributed by atoms with E-state index in [0.29, 0.717) is 11.1 Å². The van der Waals surface area contributed by atoms with Crippen molar-refractivity contribution in [2.75, 3.05) is 6.61 Å². The van der Waals surface area contributed by atoms with Gasteiger partial charge in [0.1, 0.15) is 0 Å². The number of benzene rings is 4. The minimum absolute atomic E-state index is 0. The molecule has 4 aromatic carbocycles. The second kappa shape index (κ2) is 18.9. The molecule has 4 aromatic rings. The molecule has 0 aliphatic heterocycles. The first kappa shape index (κ1) is 48.4. The van der Waals surface area contributed by atoms with Gasteiger partial charge in [-0.15, -0.1) is 0 Å². The van der Waals surface area contributed by atoms with E-state index >= 15 is 0 Å². The molecule has 0 aromatic heterocycles. The third kappa shape index (κ3) is 10.4. The van der Waals surface area contributed by atoms with E-state index in [1.807, 2.05) is 0 Å². The number of fused-ring (bicyclic) bond motifs is 2. The number of hydrogen-bond acceptors (Lipinski definition) is 1. The fraction of sp³-hybridized carbons (Fsp3) is 0.451. The molecule has 56 heavy (non-hydrogen) atoms. The van der Waals surface area contributed by atoms with Crippen LogP contribution in [0.25, 0.3) is 34.4 Å². The first-order valence-electron chi connectivity index (χ1n) is 20.4. The maximum Gasteiger partial charge on any atom is 2.00 e. The van der Waals surface area contributed by atoms with Crippen molar-refractivity contribution in [2.24, 2.45) is 0 Å². The van der Waals surface area contributed by atoms with Crippen LogP contribution in [0.2, 0.25) is 12.6 Å². The molecule has 2 atom stereocenters. The molecule has 0 saturated heterocycles. The quantitative estimate of drug-likeness (QED) is 0.108. The number of allylic oxidation sites excluding steroid dienone is 2. The van der Waals surface area contributed by atoms with Gasteiger partial charge >= 0.3 is 26.2 Å². The van der Waals surface area contributed by atoms with Gasteiger partial charge in [0.25, 0.3) is 0 Å². The van der Waals surface area contributed by atoms with Gasteiger partial charge in [-0.05, 0) is 108 Å². The van der Waals surface area contributed by atoms with E-state index in [1.54, 1.807) is 22.3 Å². The summed E-state index contributed by atoms with van der Waals surface area (Å²) >= 11 is 0. The Bertz CT molecular complexity index is 1860. The van der Waals surface area contributed by atoms with Gasteiger partial charge in [0.05, 0.1) is 13.7 Å². The SMILES string of the molecule is CC1=Cc2c(-c3ccc(C(C)(C)C)cc3)cccc2C1[Si](C)(CCCCCCOC(C)(C)C)C1C(C)=Cc2c(-c3ccc(C(C)(C)C)cc3)cccc21.[Cl-].[Cl-].[Zr+2]. The second-order valence-electron chi connectivity index (χ2n) is 19.5. The van der Waals surface area contributed by atoms with E-state index < -0.39 is 8.07 Å². The van der Waals surface area contributed by atoms with Crippen LogP contribution >= 0.6 is 0 Å². The molecular formula is C51H66Cl2OSiZr. The Hall–Kier alpha value is -2.00. The molecule has 2 aliphatic rings. The van der Waals surface area contributed by atoms with E-state index in [2.05, 4.69) is 180 Å². The summed E-state index contributed by atoms with van der Waals surface area (Å²) in [7, 11) is -2.09. The summed E-state index contributed by atoms with van der Waals surface area (Å²) in [4.78, 5) is 0. The molecule has 5 heteroatoms. The van der Waals surface area contributed by atoms with Crippen LogP contribution in [0.5, 0.6) is 0 Å². The summed E-state index contributed by atoms with van der Waals surface area (Å²) in [5.41, 5.74) is 18.5. The first-order chi connectivity index (χ1) is 24.9. The summed E-state index contributed by atoms with van der Waals surface area (Å²) in [6.07, 6.45) is 10.0. The summed E-state index contributed by atoms with van der Waals surface area (Å²) in [6, 6.07) is 34.4. The number of ether oxygens (including phenoxy) is 1. The minimum Gasteiger partial charge on any atom is -1.00 e. The van der Waals surface area contributed by atoms with E-state index in [0.717, 1.165) is 13.0 Å². The number of rotatable bonds is 11. The average Bonchev–Trinajstić information content (AvgIpc) is 3.62. The fourth-order valence-corrected chi connectivity index (χ4v) is 15.5. The maximum absolute atomic E-state index is 6.08. The zero-order valence-electron chi connectivity index (χ0n) is 36.3. The summed E-state index contributed by atoms with van der Waals surface area (Å²) < 4.78 is 6.08. The van der Waals surface area contributed by atoms with Gasteiger partial charge in [-0.25, -0.2) is 0 Å². The standard InChI is InChI=1S/C51H66OSi.2ClH.Zr/c1-35-33-45-41(37-23-27-39(28-24-37)49(3,4)5)19-17-21-43(45)47(35)53(12,32-16-14-13-15-31-52-51(9,10)11)48-36(2)34-46-42(20-18-22-44(46)48)38-25-29-40(30-26-38)50(6,7)8;;;/h17-30,33-34,47-48H,13-16,31-32H2,1-12H3;2*1H;/q;;;+2/p-2. The molecule has 0 radical (unpaired) electrons. The number of hydrogen-bond donors (Lipinski definition) is 0. The molecule has 0 amide bonds. The third-order valence-electron chi connectivity index (χ3n) is 12.1. The molecule has 0 saturated carbocycles. The van der Waals surface area contributed by atoms with Crippen LogP contribution in [0, 0.1) is 0 Å². The molecule has 6 rings (SSSR count). The molecule has 298 valence electrons. The van der Waals surface area contributed by atoms with Gasteiger partial charge < -0.3 is 29.6 Å². The zero-order valence-corrected chi connectivity index (χ0v) is 41.3. The van der Waals surface area contributed by atoms with Crippen molar-refractivity contribution in [1.29, 1.82) is 0 Å².